The van der Waals surface area contributed by atoms with E-state index in [1.807, 2.05) is 37.6 Å². The number of aromatic nitrogens is 4. The molecular weight excluding hydrogens is 252 g/mol. The van der Waals surface area contributed by atoms with Crippen molar-refractivity contribution in [2.45, 2.75) is 53.6 Å². The summed E-state index contributed by atoms with van der Waals surface area (Å²) < 4.78 is 3.68. The topological polar surface area (TPSA) is 52.7 Å². The molecule has 2 aromatic rings. The Kier molecular flexibility index (Phi) is 4.37. The Morgan fingerprint density at radius 1 is 1.10 bits per heavy atom. The maximum absolute atomic E-state index is 12.5. The van der Waals surface area contributed by atoms with Crippen molar-refractivity contribution in [2.24, 2.45) is 0 Å². The van der Waals surface area contributed by atoms with Crippen molar-refractivity contribution in [1.29, 1.82) is 0 Å². The van der Waals surface area contributed by atoms with Crippen LogP contribution in [0.25, 0.3) is 0 Å². The summed E-state index contributed by atoms with van der Waals surface area (Å²) in [4.78, 5) is 12.5. The fraction of sp³-hybridized carbons (Fsp3) is 0.533. The van der Waals surface area contributed by atoms with Crippen LogP contribution in [0.15, 0.2) is 12.1 Å². The van der Waals surface area contributed by atoms with Crippen LogP contribution in [0.3, 0.4) is 0 Å². The zero-order valence-electron chi connectivity index (χ0n) is 12.7. The molecule has 0 amide bonds. The van der Waals surface area contributed by atoms with Gasteiger partial charge in [-0.25, -0.2) is 0 Å². The standard InChI is InChI=1S/C15H22N4O/c1-5-12-9-13(18(6-2)17-12)10-15(20)14-8-11(4)16-19(14)7-3/h8-9H,5-7,10H2,1-4H3. The number of carbonyl (C=O) groups is 1. The van der Waals surface area contributed by atoms with Crippen LogP contribution in [-0.4, -0.2) is 25.3 Å². The summed E-state index contributed by atoms with van der Waals surface area (Å²) in [5.74, 6) is 0.102. The lowest BCUT2D eigenvalue weighted by Crippen LogP contribution is -2.14. The van der Waals surface area contributed by atoms with Crippen LogP contribution >= 0.6 is 0 Å². The maximum Gasteiger partial charge on any atom is 0.186 e. The molecule has 2 heterocycles. The van der Waals surface area contributed by atoms with Crippen LogP contribution < -0.4 is 0 Å². The minimum Gasteiger partial charge on any atom is -0.292 e. The summed E-state index contributed by atoms with van der Waals surface area (Å²) in [6.45, 7) is 9.52. The highest BCUT2D eigenvalue weighted by molar-refractivity contribution is 5.95. The first-order valence-electron chi connectivity index (χ1n) is 7.22. The Morgan fingerprint density at radius 2 is 1.80 bits per heavy atom. The van der Waals surface area contributed by atoms with E-state index in [0.717, 1.165) is 30.0 Å². The molecular formula is C15H22N4O. The number of ketones is 1. The van der Waals surface area contributed by atoms with Crippen molar-refractivity contribution >= 4 is 5.78 Å². The van der Waals surface area contributed by atoms with Gasteiger partial charge in [0.05, 0.1) is 17.8 Å². The second-order valence-corrected chi connectivity index (χ2v) is 4.88. The smallest absolute Gasteiger partial charge is 0.186 e. The van der Waals surface area contributed by atoms with Gasteiger partial charge in [0.15, 0.2) is 5.78 Å². The molecule has 5 nitrogen and oxygen atoms in total. The SMILES string of the molecule is CCc1cc(CC(=O)c2cc(C)nn2CC)n(CC)n1. The molecule has 20 heavy (non-hydrogen) atoms. The highest BCUT2D eigenvalue weighted by atomic mass is 16.1. The molecule has 0 radical (unpaired) electrons. The predicted molar refractivity (Wildman–Crippen MR) is 78.0 cm³/mol. The second kappa shape index (κ2) is 6.03. The molecule has 0 N–H and O–H groups in total. The van der Waals surface area contributed by atoms with E-state index in [2.05, 4.69) is 17.1 Å². The molecule has 0 spiro atoms. The third kappa shape index (κ3) is 2.81. The minimum absolute atomic E-state index is 0.102. The minimum atomic E-state index is 0.102. The van der Waals surface area contributed by atoms with Crippen molar-refractivity contribution in [3.63, 3.8) is 0 Å². The first-order chi connectivity index (χ1) is 9.58. The van der Waals surface area contributed by atoms with Gasteiger partial charge in [-0.3, -0.25) is 14.2 Å². The van der Waals surface area contributed by atoms with Crippen molar-refractivity contribution in [1.82, 2.24) is 19.6 Å². The van der Waals surface area contributed by atoms with E-state index in [1.54, 1.807) is 4.68 Å². The summed E-state index contributed by atoms with van der Waals surface area (Å²) in [6.07, 6.45) is 1.27. The summed E-state index contributed by atoms with van der Waals surface area (Å²) in [6, 6.07) is 3.89. The average Bonchev–Trinajstić information content (AvgIpc) is 3.01. The number of rotatable bonds is 6. The highest BCUT2D eigenvalue weighted by Gasteiger charge is 2.16. The van der Waals surface area contributed by atoms with Crippen molar-refractivity contribution in [3.05, 3.63) is 34.9 Å². The molecule has 0 bridgehead atoms. The summed E-state index contributed by atoms with van der Waals surface area (Å²) in [5.41, 5.74) is 3.59. The quantitative estimate of drug-likeness (QED) is 0.760. The molecule has 108 valence electrons. The Labute approximate surface area is 119 Å². The van der Waals surface area contributed by atoms with Gasteiger partial charge in [0.25, 0.3) is 0 Å². The Morgan fingerprint density at radius 3 is 2.40 bits per heavy atom. The monoisotopic (exact) mass is 274 g/mol. The third-order valence-corrected chi connectivity index (χ3v) is 3.40. The normalized spacial score (nSPS) is 11.0. The third-order valence-electron chi connectivity index (χ3n) is 3.40. The molecule has 0 unspecified atom stereocenters. The van der Waals surface area contributed by atoms with Crippen LogP contribution in [0.4, 0.5) is 0 Å². The Balaban J connectivity index is 2.24. The lowest BCUT2D eigenvalue weighted by Gasteiger charge is -2.05. The second-order valence-electron chi connectivity index (χ2n) is 4.88. The van der Waals surface area contributed by atoms with Crippen LogP contribution in [0, 0.1) is 6.92 Å². The van der Waals surface area contributed by atoms with Gasteiger partial charge in [-0.1, -0.05) is 6.92 Å². The van der Waals surface area contributed by atoms with E-state index in [0.29, 0.717) is 18.7 Å². The first-order valence-corrected chi connectivity index (χ1v) is 7.22. The summed E-state index contributed by atoms with van der Waals surface area (Å²) >= 11 is 0. The fourth-order valence-corrected chi connectivity index (χ4v) is 2.37. The van der Waals surface area contributed by atoms with E-state index in [-0.39, 0.29) is 5.78 Å². The van der Waals surface area contributed by atoms with Crippen LogP contribution in [-0.2, 0) is 25.9 Å². The molecule has 2 rings (SSSR count). The molecule has 5 heteroatoms. The molecule has 0 fully saturated rings. The number of aryl methyl sites for hydroxylation is 4. The van der Waals surface area contributed by atoms with Crippen molar-refractivity contribution in [3.8, 4) is 0 Å². The fourth-order valence-electron chi connectivity index (χ4n) is 2.37. The zero-order valence-corrected chi connectivity index (χ0v) is 12.7. The summed E-state index contributed by atoms with van der Waals surface area (Å²) in [5, 5.41) is 8.81. The van der Waals surface area contributed by atoms with Crippen molar-refractivity contribution in [2.75, 3.05) is 0 Å². The van der Waals surface area contributed by atoms with E-state index in [1.165, 1.54) is 0 Å². The average molecular weight is 274 g/mol. The zero-order chi connectivity index (χ0) is 14.7. The molecule has 0 saturated carbocycles. The highest BCUT2D eigenvalue weighted by Crippen LogP contribution is 2.12. The molecule has 0 saturated heterocycles. The number of hydrogen-bond acceptors (Lipinski definition) is 3. The number of nitrogens with zero attached hydrogens (tertiary/aromatic N) is 4. The van der Waals surface area contributed by atoms with Gasteiger partial charge in [0.2, 0.25) is 0 Å². The van der Waals surface area contributed by atoms with Gasteiger partial charge in [-0.05, 0) is 39.3 Å². The van der Waals surface area contributed by atoms with E-state index in [9.17, 15) is 4.79 Å². The van der Waals surface area contributed by atoms with Gasteiger partial charge >= 0.3 is 0 Å². The Hall–Kier alpha value is -1.91. The van der Waals surface area contributed by atoms with E-state index >= 15 is 0 Å². The van der Waals surface area contributed by atoms with Crippen LogP contribution in [0.1, 0.15) is 48.3 Å². The maximum atomic E-state index is 12.5. The predicted octanol–water partition coefficient (Wildman–Crippen LogP) is 2.42. The largest absolute Gasteiger partial charge is 0.292 e. The molecule has 0 aromatic carbocycles. The molecule has 0 aliphatic rings. The van der Waals surface area contributed by atoms with E-state index in [4.69, 9.17) is 0 Å². The molecule has 0 aliphatic carbocycles. The number of carbonyl (C=O) groups excluding carboxylic acids is 1. The van der Waals surface area contributed by atoms with Gasteiger partial charge in [0.1, 0.15) is 5.69 Å². The van der Waals surface area contributed by atoms with Gasteiger partial charge < -0.3 is 0 Å². The van der Waals surface area contributed by atoms with Gasteiger partial charge in [-0.2, -0.15) is 10.2 Å². The molecule has 2 aromatic heterocycles. The first kappa shape index (κ1) is 14.5. The van der Waals surface area contributed by atoms with Crippen LogP contribution in [0.5, 0.6) is 0 Å². The lowest BCUT2D eigenvalue weighted by atomic mass is 10.1. The van der Waals surface area contributed by atoms with Gasteiger partial charge in [-0.15, -0.1) is 0 Å². The van der Waals surface area contributed by atoms with E-state index < -0.39 is 0 Å². The molecule has 0 aliphatic heterocycles. The van der Waals surface area contributed by atoms with Crippen molar-refractivity contribution < 1.29 is 4.79 Å². The lowest BCUT2D eigenvalue weighted by molar-refractivity contribution is 0.0980. The Bertz CT molecular complexity index is 609. The number of Topliss-reactive ketones (excluding diaryl/α,β-unsaturated/α-hetero) is 1. The van der Waals surface area contributed by atoms with Crippen LogP contribution in [0.2, 0.25) is 0 Å². The molecule has 0 atom stereocenters. The number of hydrogen-bond donors (Lipinski definition) is 0. The summed E-state index contributed by atoms with van der Waals surface area (Å²) in [7, 11) is 0. The van der Waals surface area contributed by atoms with Gasteiger partial charge in [0, 0.05) is 18.8 Å².